The van der Waals surface area contributed by atoms with Crippen LogP contribution in [0.4, 0.5) is 5.69 Å². The highest BCUT2D eigenvalue weighted by Gasteiger charge is 2.33. The monoisotopic (exact) mass is 627 g/mol. The summed E-state index contributed by atoms with van der Waals surface area (Å²) in [6.07, 6.45) is 2.11. The second-order valence-corrected chi connectivity index (χ2v) is 13.0. The van der Waals surface area contributed by atoms with E-state index >= 15 is 0 Å². The number of hydrogen-bond donors (Lipinski definition) is 1. The summed E-state index contributed by atoms with van der Waals surface area (Å²) in [4.78, 5) is 29.3. The van der Waals surface area contributed by atoms with Crippen LogP contribution in [0, 0.1) is 13.8 Å². The third-order valence-electron chi connectivity index (χ3n) is 6.85. The SMILES string of the molecule is CC[C@@H](C)NC(=O)[C@H](Cc1ccccc1)N(Cc1ccc(C)cc1)C(=O)CN(c1ccc(Br)c(C)c1)S(C)(=O)=O. The molecule has 0 aliphatic heterocycles. The minimum Gasteiger partial charge on any atom is -0.352 e. The van der Waals surface area contributed by atoms with Crippen molar-refractivity contribution in [2.75, 3.05) is 17.1 Å². The molecule has 0 aliphatic carbocycles. The lowest BCUT2D eigenvalue weighted by Gasteiger charge is -2.34. The number of aryl methyl sites for hydroxylation is 2. The Balaban J connectivity index is 2.06. The van der Waals surface area contributed by atoms with Gasteiger partial charge in [0, 0.05) is 23.5 Å². The topological polar surface area (TPSA) is 86.8 Å². The van der Waals surface area contributed by atoms with Gasteiger partial charge in [-0.2, -0.15) is 0 Å². The van der Waals surface area contributed by atoms with Gasteiger partial charge in [0.05, 0.1) is 11.9 Å². The summed E-state index contributed by atoms with van der Waals surface area (Å²) in [5, 5.41) is 3.04. The normalized spacial score (nSPS) is 12.8. The van der Waals surface area contributed by atoms with Gasteiger partial charge < -0.3 is 10.2 Å². The molecule has 3 aromatic rings. The molecule has 0 saturated heterocycles. The van der Waals surface area contributed by atoms with Crippen molar-refractivity contribution in [3.63, 3.8) is 0 Å². The first kappa shape index (κ1) is 31.4. The number of nitrogens with zero attached hydrogens (tertiary/aromatic N) is 2. The molecule has 9 heteroatoms. The Hall–Kier alpha value is -3.17. The summed E-state index contributed by atoms with van der Waals surface area (Å²) in [6.45, 7) is 7.46. The van der Waals surface area contributed by atoms with Crippen LogP contribution in [-0.4, -0.2) is 50.0 Å². The molecular formula is C31H38BrN3O4S. The molecule has 214 valence electrons. The van der Waals surface area contributed by atoms with Crippen molar-refractivity contribution in [2.24, 2.45) is 0 Å². The van der Waals surface area contributed by atoms with E-state index in [4.69, 9.17) is 0 Å². The van der Waals surface area contributed by atoms with Crippen LogP contribution >= 0.6 is 15.9 Å². The molecule has 3 rings (SSSR count). The average molecular weight is 629 g/mol. The molecule has 0 bridgehead atoms. The molecule has 0 radical (unpaired) electrons. The molecule has 0 heterocycles. The van der Waals surface area contributed by atoms with Crippen LogP contribution in [0.5, 0.6) is 0 Å². The number of rotatable bonds is 12. The molecule has 0 aliphatic rings. The zero-order chi connectivity index (χ0) is 29.4. The van der Waals surface area contributed by atoms with Crippen molar-refractivity contribution in [3.05, 3.63) is 99.5 Å². The maximum Gasteiger partial charge on any atom is 0.244 e. The quantitative estimate of drug-likeness (QED) is 0.292. The minimum absolute atomic E-state index is 0.0830. The molecule has 0 fully saturated rings. The highest BCUT2D eigenvalue weighted by atomic mass is 79.9. The fourth-order valence-corrected chi connectivity index (χ4v) is 5.37. The van der Waals surface area contributed by atoms with Crippen molar-refractivity contribution in [2.45, 2.75) is 59.2 Å². The van der Waals surface area contributed by atoms with E-state index < -0.39 is 28.5 Å². The van der Waals surface area contributed by atoms with Crippen LogP contribution in [-0.2, 0) is 32.6 Å². The zero-order valence-electron chi connectivity index (χ0n) is 23.7. The molecule has 0 spiro atoms. The van der Waals surface area contributed by atoms with Gasteiger partial charge in [0.1, 0.15) is 12.6 Å². The second kappa shape index (κ2) is 13.9. The lowest BCUT2D eigenvalue weighted by Crippen LogP contribution is -2.54. The second-order valence-electron chi connectivity index (χ2n) is 10.2. The van der Waals surface area contributed by atoms with Gasteiger partial charge in [-0.3, -0.25) is 13.9 Å². The van der Waals surface area contributed by atoms with Crippen LogP contribution in [0.3, 0.4) is 0 Å². The van der Waals surface area contributed by atoms with Gasteiger partial charge in [-0.25, -0.2) is 8.42 Å². The number of hydrogen-bond acceptors (Lipinski definition) is 4. The van der Waals surface area contributed by atoms with Crippen LogP contribution in [0.2, 0.25) is 0 Å². The predicted molar refractivity (Wildman–Crippen MR) is 165 cm³/mol. The third kappa shape index (κ3) is 8.66. The van der Waals surface area contributed by atoms with Crippen LogP contribution in [0.1, 0.15) is 42.5 Å². The van der Waals surface area contributed by atoms with Gasteiger partial charge in [-0.1, -0.05) is 83.0 Å². The number of halogens is 1. The Labute approximate surface area is 246 Å². The van der Waals surface area contributed by atoms with Gasteiger partial charge >= 0.3 is 0 Å². The van der Waals surface area contributed by atoms with Crippen molar-refractivity contribution in [1.29, 1.82) is 0 Å². The Bertz CT molecular complexity index is 1410. The van der Waals surface area contributed by atoms with Crippen LogP contribution in [0.25, 0.3) is 0 Å². The van der Waals surface area contributed by atoms with E-state index in [2.05, 4.69) is 21.2 Å². The number of anilines is 1. The molecular weight excluding hydrogens is 590 g/mol. The van der Waals surface area contributed by atoms with Crippen molar-refractivity contribution in [3.8, 4) is 0 Å². The van der Waals surface area contributed by atoms with E-state index in [0.717, 1.165) is 43.7 Å². The van der Waals surface area contributed by atoms with E-state index in [1.165, 1.54) is 4.90 Å². The number of sulfonamides is 1. The summed E-state index contributed by atoms with van der Waals surface area (Å²) in [5.74, 6) is -0.740. The molecule has 2 atom stereocenters. The number of nitrogens with one attached hydrogen (secondary N) is 1. The largest absolute Gasteiger partial charge is 0.352 e. The molecule has 2 amide bonds. The summed E-state index contributed by atoms with van der Waals surface area (Å²) in [7, 11) is -3.81. The molecule has 1 N–H and O–H groups in total. The van der Waals surface area contributed by atoms with Crippen molar-refractivity contribution in [1.82, 2.24) is 10.2 Å². The summed E-state index contributed by atoms with van der Waals surface area (Å²) >= 11 is 3.45. The number of benzene rings is 3. The first-order chi connectivity index (χ1) is 18.9. The first-order valence-corrected chi connectivity index (χ1v) is 16.0. The van der Waals surface area contributed by atoms with Gasteiger partial charge in [0.15, 0.2) is 0 Å². The predicted octanol–water partition coefficient (Wildman–Crippen LogP) is 5.39. The Morgan fingerprint density at radius 1 is 0.950 bits per heavy atom. The van der Waals surface area contributed by atoms with Gasteiger partial charge in [-0.05, 0) is 62.1 Å². The fraction of sp³-hybridized carbons (Fsp3) is 0.355. The highest BCUT2D eigenvalue weighted by molar-refractivity contribution is 9.10. The molecule has 40 heavy (non-hydrogen) atoms. The van der Waals surface area contributed by atoms with E-state index in [9.17, 15) is 18.0 Å². The van der Waals surface area contributed by atoms with Crippen molar-refractivity contribution >= 4 is 43.5 Å². The van der Waals surface area contributed by atoms with Gasteiger partial charge in [0.25, 0.3) is 0 Å². The van der Waals surface area contributed by atoms with E-state index in [1.807, 2.05) is 82.3 Å². The lowest BCUT2D eigenvalue weighted by molar-refractivity contribution is -0.140. The summed E-state index contributed by atoms with van der Waals surface area (Å²) in [6, 6.07) is 21.5. The number of carbonyl (C=O) groups is 2. The number of amides is 2. The highest BCUT2D eigenvalue weighted by Crippen LogP contribution is 2.25. The standard InChI is InChI=1S/C31H38BrN3O4S/c1-6-24(4)33-31(37)29(19-25-10-8-7-9-11-25)34(20-26-14-12-22(2)13-15-26)30(36)21-35(40(5,38)39)27-16-17-28(32)23(3)18-27/h7-18,24,29H,6,19-21H2,1-5H3,(H,33,37)/t24-,29+/m1/s1. The maximum absolute atomic E-state index is 14.1. The van der Waals surface area contributed by atoms with Gasteiger partial charge in [-0.15, -0.1) is 0 Å². The average Bonchev–Trinajstić information content (AvgIpc) is 2.91. The van der Waals surface area contributed by atoms with Crippen LogP contribution < -0.4 is 9.62 Å². The Kier molecular flexibility index (Phi) is 10.9. The molecule has 0 unspecified atom stereocenters. The molecule has 3 aromatic carbocycles. The Morgan fingerprint density at radius 2 is 1.60 bits per heavy atom. The third-order valence-corrected chi connectivity index (χ3v) is 8.88. The van der Waals surface area contributed by atoms with Crippen molar-refractivity contribution < 1.29 is 18.0 Å². The smallest absolute Gasteiger partial charge is 0.244 e. The minimum atomic E-state index is -3.81. The fourth-order valence-electron chi connectivity index (χ4n) is 4.28. The van der Waals surface area contributed by atoms with Gasteiger partial charge in [0.2, 0.25) is 21.8 Å². The van der Waals surface area contributed by atoms with Crippen LogP contribution in [0.15, 0.2) is 77.3 Å². The van der Waals surface area contributed by atoms with E-state index in [1.54, 1.807) is 18.2 Å². The summed E-state index contributed by atoms with van der Waals surface area (Å²) in [5.41, 5.74) is 4.04. The zero-order valence-corrected chi connectivity index (χ0v) is 26.1. The molecule has 7 nitrogen and oxygen atoms in total. The summed E-state index contributed by atoms with van der Waals surface area (Å²) < 4.78 is 27.8. The Morgan fingerprint density at radius 3 is 2.17 bits per heavy atom. The lowest BCUT2D eigenvalue weighted by atomic mass is 10.0. The first-order valence-electron chi connectivity index (χ1n) is 13.3. The van der Waals surface area contributed by atoms with E-state index in [0.29, 0.717) is 5.69 Å². The van der Waals surface area contributed by atoms with E-state index in [-0.39, 0.29) is 24.9 Å². The number of carbonyl (C=O) groups excluding carboxylic acids is 2. The maximum atomic E-state index is 14.1. The molecule has 0 saturated carbocycles. The molecule has 0 aromatic heterocycles.